The van der Waals surface area contributed by atoms with Crippen LogP contribution >= 0.6 is 27.3 Å². The lowest BCUT2D eigenvalue weighted by molar-refractivity contribution is -0.129. The maximum atomic E-state index is 12.3. The third-order valence-electron chi connectivity index (χ3n) is 4.45. The Morgan fingerprint density at radius 2 is 2.03 bits per heavy atom. The summed E-state index contributed by atoms with van der Waals surface area (Å²) < 4.78 is 17.9. The molecule has 0 saturated carbocycles. The molecule has 0 aliphatic carbocycles. The Bertz CT molecular complexity index is 1170. The Kier molecular flexibility index (Phi) is 6.53. The van der Waals surface area contributed by atoms with E-state index in [-0.39, 0.29) is 5.70 Å². The van der Waals surface area contributed by atoms with Crippen molar-refractivity contribution in [2.75, 3.05) is 6.61 Å². The molecule has 0 radical (unpaired) electrons. The highest BCUT2D eigenvalue weighted by Crippen LogP contribution is 2.38. The monoisotopic (exact) mass is 497 g/mol. The van der Waals surface area contributed by atoms with Gasteiger partial charge in [-0.25, -0.2) is 9.79 Å². The number of hydrogen-bond donors (Lipinski definition) is 0. The summed E-state index contributed by atoms with van der Waals surface area (Å²) >= 11 is 5.05. The van der Waals surface area contributed by atoms with Crippen LogP contribution in [0.5, 0.6) is 11.5 Å². The summed E-state index contributed by atoms with van der Waals surface area (Å²) in [4.78, 5) is 17.4. The topological polar surface area (TPSA) is 57.1 Å². The van der Waals surface area contributed by atoms with Gasteiger partial charge < -0.3 is 14.2 Å². The second-order valence-corrected chi connectivity index (χ2v) is 8.66. The Morgan fingerprint density at radius 3 is 2.77 bits per heavy atom. The lowest BCUT2D eigenvalue weighted by Crippen LogP contribution is -2.03. The maximum absolute atomic E-state index is 12.3. The third kappa shape index (κ3) is 5.06. The number of aryl methyl sites for hydroxylation is 1. The molecule has 2 aromatic carbocycles. The molecular formula is C24H20BrNO4S. The van der Waals surface area contributed by atoms with Crippen LogP contribution in [0, 0.1) is 6.92 Å². The molecule has 158 valence electrons. The minimum absolute atomic E-state index is 0.242. The van der Waals surface area contributed by atoms with E-state index in [1.54, 1.807) is 6.08 Å². The number of halogens is 1. The predicted octanol–water partition coefficient (Wildman–Crippen LogP) is 6.14. The molecule has 3 aromatic rings. The van der Waals surface area contributed by atoms with Crippen molar-refractivity contribution in [2.24, 2.45) is 4.99 Å². The molecule has 0 spiro atoms. The van der Waals surface area contributed by atoms with Crippen LogP contribution in [0.4, 0.5) is 0 Å². The molecule has 0 fully saturated rings. The summed E-state index contributed by atoms with van der Waals surface area (Å²) in [5.41, 5.74) is 3.25. The number of carbonyl (C=O) groups excluding carboxylic acids is 1. The van der Waals surface area contributed by atoms with Gasteiger partial charge in [0.15, 0.2) is 17.2 Å². The first-order valence-electron chi connectivity index (χ1n) is 9.74. The first-order chi connectivity index (χ1) is 15.0. The van der Waals surface area contributed by atoms with E-state index < -0.39 is 5.97 Å². The van der Waals surface area contributed by atoms with Crippen molar-refractivity contribution in [3.05, 3.63) is 85.6 Å². The van der Waals surface area contributed by atoms with E-state index in [4.69, 9.17) is 14.2 Å². The molecule has 4 rings (SSSR count). The highest BCUT2D eigenvalue weighted by molar-refractivity contribution is 9.10. The molecule has 2 heterocycles. The number of hydrogen-bond acceptors (Lipinski definition) is 6. The number of thiophene rings is 1. The van der Waals surface area contributed by atoms with Gasteiger partial charge in [-0.05, 0) is 70.6 Å². The standard InChI is InChI=1S/C24H20BrNO4S/c1-3-28-20-13-17(12-19-24(27)30-23(26-19)21-8-5-9-31-21)11-18(25)22(20)29-14-16-7-4-6-15(2)10-16/h4-13H,3,14H2,1-2H3/b19-12+. The summed E-state index contributed by atoms with van der Waals surface area (Å²) in [6.07, 6.45) is 1.68. The van der Waals surface area contributed by atoms with Crippen LogP contribution in [0.2, 0.25) is 0 Å². The van der Waals surface area contributed by atoms with Crippen molar-refractivity contribution >= 4 is 45.2 Å². The van der Waals surface area contributed by atoms with Crippen LogP contribution in [-0.4, -0.2) is 18.5 Å². The van der Waals surface area contributed by atoms with E-state index in [1.807, 2.05) is 61.7 Å². The Labute approximate surface area is 193 Å². The Balaban J connectivity index is 1.61. The first kappa shape index (κ1) is 21.3. The van der Waals surface area contributed by atoms with Gasteiger partial charge in [-0.3, -0.25) is 0 Å². The fourth-order valence-electron chi connectivity index (χ4n) is 3.10. The summed E-state index contributed by atoms with van der Waals surface area (Å²) in [5, 5.41) is 1.91. The fourth-order valence-corrected chi connectivity index (χ4v) is 4.33. The molecule has 1 aromatic heterocycles. The zero-order valence-corrected chi connectivity index (χ0v) is 19.5. The molecule has 0 saturated heterocycles. The van der Waals surface area contributed by atoms with Gasteiger partial charge in [-0.1, -0.05) is 35.9 Å². The van der Waals surface area contributed by atoms with Crippen molar-refractivity contribution in [1.82, 2.24) is 0 Å². The van der Waals surface area contributed by atoms with Crippen LogP contribution in [0.15, 0.2) is 69.1 Å². The summed E-state index contributed by atoms with van der Waals surface area (Å²) in [5.74, 6) is 1.05. The lowest BCUT2D eigenvalue weighted by Gasteiger charge is -2.15. The number of aliphatic imine (C=N–C) groups is 1. The number of esters is 1. The minimum Gasteiger partial charge on any atom is -0.490 e. The molecule has 31 heavy (non-hydrogen) atoms. The largest absolute Gasteiger partial charge is 0.490 e. The number of rotatable bonds is 7. The molecule has 1 aliphatic rings. The van der Waals surface area contributed by atoms with Crippen LogP contribution in [-0.2, 0) is 16.1 Å². The second-order valence-electron chi connectivity index (χ2n) is 6.85. The minimum atomic E-state index is -0.475. The van der Waals surface area contributed by atoms with E-state index in [0.29, 0.717) is 30.6 Å². The molecule has 0 bridgehead atoms. The van der Waals surface area contributed by atoms with Crippen LogP contribution in [0.25, 0.3) is 6.08 Å². The molecule has 0 unspecified atom stereocenters. The van der Waals surface area contributed by atoms with Crippen LogP contribution in [0.1, 0.15) is 28.5 Å². The molecule has 0 N–H and O–H groups in total. The molecule has 1 aliphatic heterocycles. The molecule has 0 atom stereocenters. The third-order valence-corrected chi connectivity index (χ3v) is 5.90. The van der Waals surface area contributed by atoms with E-state index in [9.17, 15) is 4.79 Å². The number of cyclic esters (lactones) is 1. The predicted molar refractivity (Wildman–Crippen MR) is 126 cm³/mol. The van der Waals surface area contributed by atoms with E-state index >= 15 is 0 Å². The van der Waals surface area contributed by atoms with Gasteiger partial charge in [0, 0.05) is 0 Å². The van der Waals surface area contributed by atoms with Gasteiger partial charge in [-0.2, -0.15) is 0 Å². The zero-order valence-electron chi connectivity index (χ0n) is 17.1. The van der Waals surface area contributed by atoms with E-state index in [1.165, 1.54) is 16.9 Å². The average molecular weight is 498 g/mol. The van der Waals surface area contributed by atoms with Crippen molar-refractivity contribution in [1.29, 1.82) is 0 Å². The van der Waals surface area contributed by atoms with Gasteiger partial charge in [0.05, 0.1) is 16.0 Å². The Hall–Kier alpha value is -2.90. The smallest absolute Gasteiger partial charge is 0.363 e. The second kappa shape index (κ2) is 9.49. The first-order valence-corrected chi connectivity index (χ1v) is 11.4. The van der Waals surface area contributed by atoms with Crippen molar-refractivity contribution in [2.45, 2.75) is 20.5 Å². The lowest BCUT2D eigenvalue weighted by atomic mass is 10.1. The van der Waals surface area contributed by atoms with Gasteiger partial charge >= 0.3 is 5.97 Å². The zero-order chi connectivity index (χ0) is 21.8. The number of benzene rings is 2. The summed E-state index contributed by atoms with van der Waals surface area (Å²) in [6, 6.07) is 15.6. The number of nitrogens with zero attached hydrogens (tertiary/aromatic N) is 1. The number of carbonyl (C=O) groups is 1. The molecule has 5 nitrogen and oxygen atoms in total. The highest BCUT2D eigenvalue weighted by atomic mass is 79.9. The van der Waals surface area contributed by atoms with E-state index in [2.05, 4.69) is 27.0 Å². The average Bonchev–Trinajstić information content (AvgIpc) is 3.38. The van der Waals surface area contributed by atoms with Gasteiger partial charge in [-0.15, -0.1) is 11.3 Å². The van der Waals surface area contributed by atoms with Gasteiger partial charge in [0.2, 0.25) is 5.90 Å². The van der Waals surface area contributed by atoms with Crippen molar-refractivity contribution < 1.29 is 19.0 Å². The molecule has 7 heteroatoms. The van der Waals surface area contributed by atoms with E-state index in [0.717, 1.165) is 20.5 Å². The summed E-state index contributed by atoms with van der Waals surface area (Å²) in [7, 11) is 0. The van der Waals surface area contributed by atoms with Crippen LogP contribution < -0.4 is 9.47 Å². The normalized spacial score (nSPS) is 14.5. The maximum Gasteiger partial charge on any atom is 0.363 e. The SMILES string of the molecule is CCOc1cc(/C=C2/N=C(c3cccs3)OC2=O)cc(Br)c1OCc1cccc(C)c1. The van der Waals surface area contributed by atoms with Gasteiger partial charge in [0.1, 0.15) is 6.61 Å². The van der Waals surface area contributed by atoms with Crippen LogP contribution in [0.3, 0.4) is 0 Å². The summed E-state index contributed by atoms with van der Waals surface area (Å²) in [6.45, 7) is 4.86. The number of ether oxygens (including phenoxy) is 3. The van der Waals surface area contributed by atoms with Gasteiger partial charge in [0.25, 0.3) is 0 Å². The van der Waals surface area contributed by atoms with Crippen molar-refractivity contribution in [3.8, 4) is 11.5 Å². The fraction of sp³-hybridized carbons (Fsp3) is 0.167. The molecular weight excluding hydrogens is 478 g/mol. The van der Waals surface area contributed by atoms with Crippen molar-refractivity contribution in [3.63, 3.8) is 0 Å². The Morgan fingerprint density at radius 1 is 1.16 bits per heavy atom. The molecule has 0 amide bonds. The highest BCUT2D eigenvalue weighted by Gasteiger charge is 2.25. The quantitative estimate of drug-likeness (QED) is 0.290.